The maximum Gasteiger partial charge on any atom is 0.132 e. The Morgan fingerprint density at radius 2 is 1.32 bits per heavy atom. The Balaban J connectivity index is 1.79. The fourth-order valence-electron chi connectivity index (χ4n) is 1.87. The van der Waals surface area contributed by atoms with E-state index in [9.17, 15) is 0 Å². The predicted molar refractivity (Wildman–Crippen MR) is 92.4 cm³/mol. The Morgan fingerprint density at radius 1 is 0.682 bits per heavy atom. The van der Waals surface area contributed by atoms with Crippen LogP contribution in [0.4, 0.5) is 0 Å². The monoisotopic (exact) mass is 344 g/mol. The summed E-state index contributed by atoms with van der Waals surface area (Å²) in [7, 11) is 0. The van der Waals surface area contributed by atoms with Crippen molar-refractivity contribution < 1.29 is 18.9 Å². The average molecular weight is 344 g/mol. The third kappa shape index (κ3) is 7.74. The van der Waals surface area contributed by atoms with Crippen molar-refractivity contribution in [3.8, 4) is 5.75 Å². The van der Waals surface area contributed by atoms with Gasteiger partial charge in [-0.3, -0.25) is 0 Å². The fourth-order valence-corrected chi connectivity index (χ4v) is 3.41. The topological polar surface area (TPSA) is 36.9 Å². The lowest BCUT2D eigenvalue weighted by Gasteiger charge is -2.12. The van der Waals surface area contributed by atoms with E-state index in [1.165, 1.54) is 0 Å². The zero-order chi connectivity index (χ0) is 15.3. The molecule has 0 spiro atoms. The Hall–Kier alpha value is -0.400. The van der Waals surface area contributed by atoms with Gasteiger partial charge in [-0.25, -0.2) is 0 Å². The van der Waals surface area contributed by atoms with Crippen LogP contribution in [-0.2, 0) is 14.2 Å². The third-order valence-electron chi connectivity index (χ3n) is 2.94. The van der Waals surface area contributed by atoms with Crippen LogP contribution in [0.3, 0.4) is 0 Å². The molecule has 1 aliphatic rings. The summed E-state index contributed by atoms with van der Waals surface area (Å²) >= 11 is 3.61. The lowest BCUT2D eigenvalue weighted by Crippen LogP contribution is -2.11. The van der Waals surface area contributed by atoms with Gasteiger partial charge in [0.1, 0.15) is 12.4 Å². The highest BCUT2D eigenvalue weighted by Crippen LogP contribution is 2.28. The molecule has 0 atom stereocenters. The van der Waals surface area contributed by atoms with Crippen LogP contribution >= 0.6 is 23.5 Å². The van der Waals surface area contributed by atoms with Gasteiger partial charge < -0.3 is 18.9 Å². The SMILES string of the molecule is c1ccc2c(c1)OCCOCCSCCOCCOCCS2. The Labute approximate surface area is 141 Å². The zero-order valence-corrected chi connectivity index (χ0v) is 14.5. The predicted octanol–water partition coefficient (Wildman–Crippen LogP) is 2.95. The summed E-state index contributed by atoms with van der Waals surface area (Å²) in [4.78, 5) is 1.15. The van der Waals surface area contributed by atoms with Crippen molar-refractivity contribution in [2.75, 3.05) is 63.5 Å². The summed E-state index contributed by atoms with van der Waals surface area (Å²) in [5.41, 5.74) is 0. The number of benzene rings is 1. The lowest BCUT2D eigenvalue weighted by molar-refractivity contribution is 0.0604. The molecule has 1 aromatic carbocycles. The molecule has 0 amide bonds. The van der Waals surface area contributed by atoms with E-state index in [0.717, 1.165) is 47.7 Å². The lowest BCUT2D eigenvalue weighted by atomic mass is 10.3. The minimum absolute atomic E-state index is 0.585. The molecule has 0 unspecified atom stereocenters. The molecule has 0 radical (unpaired) electrons. The summed E-state index contributed by atoms with van der Waals surface area (Å²) in [6.45, 7) is 4.79. The second kappa shape index (κ2) is 12.1. The van der Waals surface area contributed by atoms with E-state index in [1.807, 2.05) is 30.0 Å². The van der Waals surface area contributed by atoms with E-state index in [4.69, 9.17) is 18.9 Å². The highest BCUT2D eigenvalue weighted by Gasteiger charge is 2.04. The van der Waals surface area contributed by atoms with Gasteiger partial charge in [-0.05, 0) is 12.1 Å². The van der Waals surface area contributed by atoms with Gasteiger partial charge >= 0.3 is 0 Å². The quantitative estimate of drug-likeness (QED) is 0.720. The second-order valence-corrected chi connectivity index (χ2v) is 6.95. The summed E-state index contributed by atoms with van der Waals surface area (Å²) in [5, 5.41) is 0. The van der Waals surface area contributed by atoms with Crippen molar-refractivity contribution in [3.63, 3.8) is 0 Å². The van der Waals surface area contributed by atoms with Gasteiger partial charge in [-0.15, -0.1) is 11.8 Å². The van der Waals surface area contributed by atoms with Gasteiger partial charge in [0.2, 0.25) is 0 Å². The van der Waals surface area contributed by atoms with Crippen molar-refractivity contribution in [3.05, 3.63) is 24.3 Å². The number of thioether (sulfide) groups is 2. The minimum Gasteiger partial charge on any atom is -0.490 e. The molecule has 0 fully saturated rings. The first kappa shape index (κ1) is 17.9. The fraction of sp³-hybridized carbons (Fsp3) is 0.625. The number of para-hydroxylation sites is 1. The summed E-state index contributed by atoms with van der Waals surface area (Å²) in [5.74, 6) is 3.83. The normalized spacial score (nSPS) is 20.2. The van der Waals surface area contributed by atoms with Crippen molar-refractivity contribution in [1.82, 2.24) is 0 Å². The molecule has 4 nitrogen and oxygen atoms in total. The van der Waals surface area contributed by atoms with Gasteiger partial charge in [0, 0.05) is 22.2 Å². The van der Waals surface area contributed by atoms with Crippen molar-refractivity contribution >= 4 is 23.5 Å². The van der Waals surface area contributed by atoms with Crippen LogP contribution in [0, 0.1) is 0 Å². The van der Waals surface area contributed by atoms with Crippen molar-refractivity contribution in [1.29, 1.82) is 0 Å². The molecule has 0 N–H and O–H groups in total. The Kier molecular flexibility index (Phi) is 9.85. The molecule has 6 heteroatoms. The summed E-state index contributed by atoms with van der Waals surface area (Å²) < 4.78 is 22.5. The van der Waals surface area contributed by atoms with Gasteiger partial charge in [-0.2, -0.15) is 11.8 Å². The molecule has 0 aromatic heterocycles. The molecular weight excluding hydrogens is 320 g/mol. The maximum absolute atomic E-state index is 5.82. The first-order valence-corrected chi connectivity index (χ1v) is 9.76. The number of hydrogen-bond acceptors (Lipinski definition) is 6. The first-order valence-electron chi connectivity index (χ1n) is 7.62. The van der Waals surface area contributed by atoms with Gasteiger partial charge in [-0.1, -0.05) is 12.1 Å². The molecule has 1 heterocycles. The molecule has 124 valence electrons. The van der Waals surface area contributed by atoms with Gasteiger partial charge in [0.25, 0.3) is 0 Å². The molecule has 2 rings (SSSR count). The van der Waals surface area contributed by atoms with Gasteiger partial charge in [0.05, 0.1) is 39.6 Å². The molecule has 0 aliphatic carbocycles. The van der Waals surface area contributed by atoms with Crippen LogP contribution in [0.2, 0.25) is 0 Å². The van der Waals surface area contributed by atoms with E-state index in [0.29, 0.717) is 26.4 Å². The third-order valence-corrected chi connectivity index (χ3v) is 4.87. The van der Waals surface area contributed by atoms with E-state index in [2.05, 4.69) is 6.07 Å². The maximum atomic E-state index is 5.82. The highest BCUT2D eigenvalue weighted by atomic mass is 32.2. The first-order chi connectivity index (χ1) is 11.0. The van der Waals surface area contributed by atoms with E-state index in [-0.39, 0.29) is 0 Å². The van der Waals surface area contributed by atoms with Crippen LogP contribution in [0.25, 0.3) is 0 Å². The van der Waals surface area contributed by atoms with Crippen molar-refractivity contribution in [2.45, 2.75) is 4.90 Å². The number of ether oxygens (including phenoxy) is 4. The minimum atomic E-state index is 0.585. The van der Waals surface area contributed by atoms with Crippen LogP contribution in [0.1, 0.15) is 0 Å². The molecule has 22 heavy (non-hydrogen) atoms. The Morgan fingerprint density at radius 3 is 2.09 bits per heavy atom. The van der Waals surface area contributed by atoms with Crippen LogP contribution in [-0.4, -0.2) is 63.5 Å². The molecule has 1 aliphatic heterocycles. The molecule has 0 bridgehead atoms. The number of fused-ring (bicyclic) bond motifs is 1. The Bertz CT molecular complexity index is 366. The smallest absolute Gasteiger partial charge is 0.132 e. The zero-order valence-electron chi connectivity index (χ0n) is 12.8. The number of hydrogen-bond donors (Lipinski definition) is 0. The van der Waals surface area contributed by atoms with E-state index in [1.54, 1.807) is 11.8 Å². The van der Waals surface area contributed by atoms with Crippen molar-refractivity contribution in [2.24, 2.45) is 0 Å². The molecule has 1 aromatic rings. The van der Waals surface area contributed by atoms with Crippen LogP contribution < -0.4 is 4.74 Å². The molecular formula is C16H24O4S2. The van der Waals surface area contributed by atoms with Gasteiger partial charge in [0.15, 0.2) is 0 Å². The van der Waals surface area contributed by atoms with E-state index < -0.39 is 0 Å². The molecule has 0 saturated carbocycles. The van der Waals surface area contributed by atoms with Crippen LogP contribution in [0.15, 0.2) is 29.2 Å². The highest BCUT2D eigenvalue weighted by molar-refractivity contribution is 7.99. The average Bonchev–Trinajstić information content (AvgIpc) is 2.55. The van der Waals surface area contributed by atoms with Crippen LogP contribution in [0.5, 0.6) is 5.75 Å². The van der Waals surface area contributed by atoms with E-state index >= 15 is 0 Å². The summed E-state index contributed by atoms with van der Waals surface area (Å²) in [6.07, 6.45) is 0. The largest absolute Gasteiger partial charge is 0.490 e. The standard InChI is InChI=1S/C16H24O4S2/c1-2-4-16-15(3-1)20-8-7-19-10-13-21-12-9-17-5-6-18-11-14-22-16/h1-4H,5-14H2. The summed E-state index contributed by atoms with van der Waals surface area (Å²) in [6, 6.07) is 8.12. The molecule has 0 saturated heterocycles. The second-order valence-electron chi connectivity index (χ2n) is 4.59. The number of rotatable bonds is 0.